The van der Waals surface area contributed by atoms with Crippen LogP contribution in [0.25, 0.3) is 0 Å². The molecule has 1 aliphatic heterocycles. The second-order valence-electron chi connectivity index (χ2n) is 3.48. The number of para-hydroxylation sites is 1. The Morgan fingerprint density at radius 2 is 1.75 bits per heavy atom. The van der Waals surface area contributed by atoms with Crippen molar-refractivity contribution in [3.8, 4) is 0 Å². The highest BCUT2D eigenvalue weighted by atomic mass is 35.5. The Morgan fingerprint density at radius 3 is 2.69 bits per heavy atom. The summed E-state index contributed by atoms with van der Waals surface area (Å²) in [5, 5.41) is 0.751. The van der Waals surface area contributed by atoms with Crippen LogP contribution in [0, 0.1) is 0 Å². The van der Waals surface area contributed by atoms with Crippen LogP contribution in [0.5, 0.6) is 0 Å². The molecule has 3 rings (SSSR count). The Balaban J connectivity index is 2.21. The molecule has 3 heteroatoms. The highest BCUT2D eigenvalue weighted by Crippen LogP contribution is 2.40. The van der Waals surface area contributed by atoms with Crippen LogP contribution in [0.1, 0.15) is 5.56 Å². The smallest absolute Gasteiger partial charge is 0.0769 e. The van der Waals surface area contributed by atoms with E-state index >= 15 is 0 Å². The molecule has 1 heterocycles. The normalized spacial score (nSPS) is 12.8. The van der Waals surface area contributed by atoms with E-state index in [-0.39, 0.29) is 0 Å². The number of aliphatic imine (C=N–C) groups is 1. The Bertz CT molecular complexity index is 578. The van der Waals surface area contributed by atoms with Crippen molar-refractivity contribution in [3.05, 3.63) is 53.1 Å². The van der Waals surface area contributed by atoms with Crippen molar-refractivity contribution in [2.45, 2.75) is 9.79 Å². The van der Waals surface area contributed by atoms with Gasteiger partial charge in [-0.05, 0) is 24.3 Å². The summed E-state index contributed by atoms with van der Waals surface area (Å²) in [5.74, 6) is 0. The third kappa shape index (κ3) is 1.64. The molecule has 0 spiro atoms. The van der Waals surface area contributed by atoms with Crippen LogP contribution < -0.4 is 0 Å². The van der Waals surface area contributed by atoms with Gasteiger partial charge in [-0.2, -0.15) is 0 Å². The average Bonchev–Trinajstić information content (AvgIpc) is 2.48. The molecule has 16 heavy (non-hydrogen) atoms. The van der Waals surface area contributed by atoms with E-state index in [0.29, 0.717) is 0 Å². The van der Waals surface area contributed by atoms with Crippen LogP contribution in [0.4, 0.5) is 5.69 Å². The van der Waals surface area contributed by atoms with Gasteiger partial charge in [-0.15, -0.1) is 0 Å². The first-order valence-electron chi connectivity index (χ1n) is 4.94. The zero-order chi connectivity index (χ0) is 11.0. The molecule has 0 bridgehead atoms. The molecule has 0 atom stereocenters. The minimum atomic E-state index is 0.751. The molecular formula is C13H8ClNS. The fourth-order valence-corrected chi connectivity index (χ4v) is 2.94. The summed E-state index contributed by atoms with van der Waals surface area (Å²) >= 11 is 7.86. The highest BCUT2D eigenvalue weighted by molar-refractivity contribution is 7.99. The van der Waals surface area contributed by atoms with E-state index in [0.717, 1.165) is 21.2 Å². The Hall–Kier alpha value is -1.25. The third-order valence-corrected chi connectivity index (χ3v) is 3.90. The lowest BCUT2D eigenvalue weighted by Gasteiger charge is -2.04. The highest BCUT2D eigenvalue weighted by Gasteiger charge is 2.12. The molecule has 1 nitrogen and oxygen atoms in total. The lowest BCUT2D eigenvalue weighted by atomic mass is 10.2. The van der Waals surface area contributed by atoms with Gasteiger partial charge in [-0.1, -0.05) is 41.6 Å². The van der Waals surface area contributed by atoms with E-state index in [1.807, 2.05) is 36.5 Å². The van der Waals surface area contributed by atoms with Gasteiger partial charge in [0.2, 0.25) is 0 Å². The van der Waals surface area contributed by atoms with Crippen molar-refractivity contribution in [1.29, 1.82) is 0 Å². The topological polar surface area (TPSA) is 12.4 Å². The number of fused-ring (bicyclic) bond motifs is 2. The van der Waals surface area contributed by atoms with Crippen molar-refractivity contribution in [1.82, 2.24) is 0 Å². The molecular weight excluding hydrogens is 238 g/mol. The number of halogens is 1. The second-order valence-corrected chi connectivity index (χ2v) is 4.97. The third-order valence-electron chi connectivity index (χ3n) is 2.43. The number of rotatable bonds is 0. The average molecular weight is 246 g/mol. The second kappa shape index (κ2) is 3.96. The maximum absolute atomic E-state index is 6.15. The standard InChI is InChI=1S/C13H8ClNS/c14-10-4-3-7-12-9(10)8-15-11-5-1-2-6-13(11)16-12/h1-8H. The lowest BCUT2D eigenvalue weighted by Crippen LogP contribution is -1.84. The summed E-state index contributed by atoms with van der Waals surface area (Å²) in [6, 6.07) is 14.0. The van der Waals surface area contributed by atoms with E-state index in [1.165, 1.54) is 4.90 Å². The maximum Gasteiger partial charge on any atom is 0.0769 e. The maximum atomic E-state index is 6.15. The van der Waals surface area contributed by atoms with Gasteiger partial charge in [0, 0.05) is 21.6 Å². The van der Waals surface area contributed by atoms with Crippen molar-refractivity contribution >= 4 is 35.3 Å². The van der Waals surface area contributed by atoms with Crippen LogP contribution in [0.2, 0.25) is 5.02 Å². The number of hydrogen-bond acceptors (Lipinski definition) is 2. The quantitative estimate of drug-likeness (QED) is 0.566. The van der Waals surface area contributed by atoms with Crippen LogP contribution in [-0.4, -0.2) is 6.21 Å². The number of benzene rings is 2. The van der Waals surface area contributed by atoms with E-state index < -0.39 is 0 Å². The van der Waals surface area contributed by atoms with Gasteiger partial charge in [0.15, 0.2) is 0 Å². The first kappa shape index (κ1) is 9.94. The molecule has 0 radical (unpaired) electrons. The summed E-state index contributed by atoms with van der Waals surface area (Å²) in [7, 11) is 0. The Kier molecular flexibility index (Phi) is 2.46. The minimum absolute atomic E-state index is 0.751. The van der Waals surface area contributed by atoms with E-state index in [2.05, 4.69) is 17.1 Å². The fourth-order valence-electron chi connectivity index (χ4n) is 1.63. The molecule has 2 aromatic carbocycles. The van der Waals surface area contributed by atoms with Crippen LogP contribution >= 0.6 is 23.4 Å². The molecule has 0 unspecified atom stereocenters. The molecule has 2 aromatic rings. The Morgan fingerprint density at radius 1 is 0.938 bits per heavy atom. The number of hydrogen-bond donors (Lipinski definition) is 0. The molecule has 0 amide bonds. The molecule has 0 N–H and O–H groups in total. The monoisotopic (exact) mass is 245 g/mol. The van der Waals surface area contributed by atoms with Crippen LogP contribution in [0.15, 0.2) is 57.2 Å². The molecule has 0 aliphatic carbocycles. The van der Waals surface area contributed by atoms with Gasteiger partial charge >= 0.3 is 0 Å². The molecule has 0 aromatic heterocycles. The van der Waals surface area contributed by atoms with Crippen molar-refractivity contribution < 1.29 is 0 Å². The van der Waals surface area contributed by atoms with E-state index in [1.54, 1.807) is 11.8 Å². The molecule has 1 aliphatic rings. The van der Waals surface area contributed by atoms with Gasteiger partial charge in [0.25, 0.3) is 0 Å². The van der Waals surface area contributed by atoms with Crippen LogP contribution in [0.3, 0.4) is 0 Å². The minimum Gasteiger partial charge on any atom is -0.255 e. The molecule has 0 saturated carbocycles. The summed E-state index contributed by atoms with van der Waals surface area (Å²) in [4.78, 5) is 6.78. The van der Waals surface area contributed by atoms with Crippen molar-refractivity contribution in [2.24, 2.45) is 4.99 Å². The van der Waals surface area contributed by atoms with Gasteiger partial charge in [0.1, 0.15) is 0 Å². The zero-order valence-corrected chi connectivity index (χ0v) is 9.92. The first-order chi connectivity index (χ1) is 7.84. The Labute approximate surface area is 103 Å². The summed E-state index contributed by atoms with van der Waals surface area (Å²) < 4.78 is 0. The summed E-state index contributed by atoms with van der Waals surface area (Å²) in [5.41, 5.74) is 2.00. The molecule has 0 fully saturated rings. The predicted octanol–water partition coefficient (Wildman–Crippen LogP) is 4.56. The predicted molar refractivity (Wildman–Crippen MR) is 69.3 cm³/mol. The SMILES string of the molecule is Clc1cccc2c1C=Nc1ccccc1S2. The van der Waals surface area contributed by atoms with Gasteiger partial charge in [-0.25, -0.2) is 0 Å². The van der Waals surface area contributed by atoms with Gasteiger partial charge < -0.3 is 0 Å². The lowest BCUT2D eigenvalue weighted by molar-refractivity contribution is 1.39. The summed E-state index contributed by atoms with van der Waals surface area (Å²) in [6.07, 6.45) is 1.84. The molecule has 0 saturated heterocycles. The molecule has 78 valence electrons. The fraction of sp³-hybridized carbons (Fsp3) is 0. The van der Waals surface area contributed by atoms with Gasteiger partial charge in [0.05, 0.1) is 10.7 Å². The van der Waals surface area contributed by atoms with Crippen molar-refractivity contribution in [3.63, 3.8) is 0 Å². The van der Waals surface area contributed by atoms with E-state index in [4.69, 9.17) is 11.6 Å². The largest absolute Gasteiger partial charge is 0.255 e. The number of nitrogens with zero attached hydrogens (tertiary/aromatic N) is 1. The van der Waals surface area contributed by atoms with E-state index in [9.17, 15) is 0 Å². The zero-order valence-electron chi connectivity index (χ0n) is 8.35. The first-order valence-corrected chi connectivity index (χ1v) is 6.13. The van der Waals surface area contributed by atoms with Crippen LogP contribution in [-0.2, 0) is 0 Å². The van der Waals surface area contributed by atoms with Gasteiger partial charge in [-0.3, -0.25) is 4.99 Å². The summed E-state index contributed by atoms with van der Waals surface area (Å²) in [6.45, 7) is 0. The van der Waals surface area contributed by atoms with Crippen molar-refractivity contribution in [2.75, 3.05) is 0 Å².